The second kappa shape index (κ2) is 7.58. The molecule has 0 unspecified atom stereocenters. The Labute approximate surface area is 172 Å². The second-order valence-electron chi connectivity index (χ2n) is 8.29. The Morgan fingerprint density at radius 2 is 1.69 bits per heavy atom. The molecule has 0 bridgehead atoms. The minimum atomic E-state index is -3.29. The topological polar surface area (TPSA) is 74.7 Å². The van der Waals surface area contributed by atoms with Gasteiger partial charge in [0.05, 0.1) is 10.5 Å². The molecule has 2 aromatic rings. The molecule has 1 saturated heterocycles. The first-order valence-corrected chi connectivity index (χ1v) is 12.1. The first kappa shape index (κ1) is 20.1. The molecular weight excluding hydrogens is 386 g/mol. The molecule has 1 N–H and O–H groups in total. The van der Waals surface area contributed by atoms with Crippen molar-refractivity contribution in [1.29, 1.82) is 0 Å². The van der Waals surface area contributed by atoms with E-state index < -0.39 is 15.4 Å². The van der Waals surface area contributed by atoms with E-state index in [1.807, 2.05) is 35.2 Å². The van der Waals surface area contributed by atoms with Crippen LogP contribution in [0.1, 0.15) is 48.0 Å². The summed E-state index contributed by atoms with van der Waals surface area (Å²) in [7, 11) is -3.29. The molecule has 2 aliphatic rings. The predicted octanol–water partition coefficient (Wildman–Crippen LogP) is 3.38. The summed E-state index contributed by atoms with van der Waals surface area (Å²) >= 11 is 0. The molecule has 1 aliphatic heterocycles. The average Bonchev–Trinajstić information content (AvgIpc) is 2.74. The quantitative estimate of drug-likeness (QED) is 0.837. The third kappa shape index (κ3) is 3.71. The molecule has 154 valence electrons. The van der Waals surface area contributed by atoms with Gasteiger partial charge in [-0.2, -0.15) is 0 Å². The number of hydrogen-bond acceptors (Lipinski definition) is 4. The molecule has 0 radical (unpaired) electrons. The van der Waals surface area contributed by atoms with E-state index in [0.717, 1.165) is 37.5 Å². The number of piperidine rings is 1. The summed E-state index contributed by atoms with van der Waals surface area (Å²) in [6.45, 7) is 0.485. The van der Waals surface area contributed by atoms with E-state index in [0.29, 0.717) is 18.5 Å². The molecule has 3 atom stereocenters. The number of benzene rings is 2. The Balaban J connectivity index is 1.62. The SMILES string of the molecule is CS(=O)(=O)c1ccc(C(=O)N2CC[C@@](O)(c3ccccc3)[C@@H]3CCCC[C@H]32)cc1. The summed E-state index contributed by atoms with van der Waals surface area (Å²) in [5, 5.41) is 11.6. The number of sulfone groups is 1. The van der Waals surface area contributed by atoms with Crippen LogP contribution in [0.15, 0.2) is 59.5 Å². The van der Waals surface area contributed by atoms with Crippen molar-refractivity contribution in [3.63, 3.8) is 0 Å². The zero-order valence-electron chi connectivity index (χ0n) is 16.6. The second-order valence-corrected chi connectivity index (χ2v) is 10.3. The summed E-state index contributed by atoms with van der Waals surface area (Å²) in [6, 6.07) is 16.0. The number of likely N-dealkylation sites (tertiary alicyclic amines) is 1. The average molecular weight is 414 g/mol. The van der Waals surface area contributed by atoms with Crippen LogP contribution >= 0.6 is 0 Å². The minimum absolute atomic E-state index is 0.00615. The van der Waals surface area contributed by atoms with Gasteiger partial charge in [-0.25, -0.2) is 8.42 Å². The minimum Gasteiger partial charge on any atom is -0.385 e. The molecule has 5 nitrogen and oxygen atoms in total. The van der Waals surface area contributed by atoms with Gasteiger partial charge in [0.2, 0.25) is 0 Å². The fourth-order valence-corrected chi connectivity index (χ4v) is 5.66. The first-order chi connectivity index (χ1) is 13.8. The maximum Gasteiger partial charge on any atom is 0.254 e. The van der Waals surface area contributed by atoms with E-state index in [2.05, 4.69) is 0 Å². The Morgan fingerprint density at radius 1 is 1.03 bits per heavy atom. The lowest BCUT2D eigenvalue weighted by Gasteiger charge is -2.52. The van der Waals surface area contributed by atoms with Gasteiger partial charge in [0, 0.05) is 30.3 Å². The number of fused-ring (bicyclic) bond motifs is 1. The highest BCUT2D eigenvalue weighted by Crippen LogP contribution is 2.47. The number of nitrogens with zero attached hydrogens (tertiary/aromatic N) is 1. The Kier molecular flexibility index (Phi) is 5.25. The Bertz CT molecular complexity index is 987. The molecule has 29 heavy (non-hydrogen) atoms. The normalized spacial score (nSPS) is 27.3. The molecule has 6 heteroatoms. The Morgan fingerprint density at radius 3 is 2.34 bits per heavy atom. The van der Waals surface area contributed by atoms with Crippen molar-refractivity contribution in [2.24, 2.45) is 5.92 Å². The monoisotopic (exact) mass is 413 g/mol. The van der Waals surface area contributed by atoms with Gasteiger partial charge in [0.25, 0.3) is 5.91 Å². The van der Waals surface area contributed by atoms with Crippen LogP contribution < -0.4 is 0 Å². The van der Waals surface area contributed by atoms with E-state index in [1.165, 1.54) is 12.1 Å². The van der Waals surface area contributed by atoms with Crippen LogP contribution in [-0.2, 0) is 15.4 Å². The summed E-state index contributed by atoms with van der Waals surface area (Å²) in [6.07, 6.45) is 5.54. The molecule has 0 spiro atoms. The molecule has 0 aromatic heterocycles. The standard InChI is InChI=1S/C23H27NO4S/c1-29(27,28)19-13-11-17(12-14-19)22(25)24-16-15-23(26,18-7-3-2-4-8-18)20-9-5-6-10-21(20)24/h2-4,7-8,11-14,20-21,26H,5-6,9-10,15-16H2,1H3/t20-,21-,23-/m1/s1. The predicted molar refractivity (Wildman–Crippen MR) is 111 cm³/mol. The summed E-state index contributed by atoms with van der Waals surface area (Å²) < 4.78 is 23.4. The number of carbonyl (C=O) groups excluding carboxylic acids is 1. The molecular formula is C23H27NO4S. The highest BCUT2D eigenvalue weighted by Gasteiger charge is 2.50. The third-order valence-corrected chi connectivity index (χ3v) is 7.67. The van der Waals surface area contributed by atoms with E-state index in [-0.39, 0.29) is 22.8 Å². The molecule has 1 aliphatic carbocycles. The van der Waals surface area contributed by atoms with Crippen molar-refractivity contribution in [3.8, 4) is 0 Å². The fourth-order valence-electron chi connectivity index (χ4n) is 5.03. The van der Waals surface area contributed by atoms with Gasteiger partial charge in [-0.1, -0.05) is 43.2 Å². The molecule has 2 fully saturated rings. The summed E-state index contributed by atoms with van der Waals surface area (Å²) in [5.41, 5.74) is 0.511. The zero-order chi connectivity index (χ0) is 20.6. The van der Waals surface area contributed by atoms with Gasteiger partial charge in [0.1, 0.15) is 0 Å². The molecule has 2 aromatic carbocycles. The highest BCUT2D eigenvalue weighted by molar-refractivity contribution is 7.90. The van der Waals surface area contributed by atoms with Crippen LogP contribution in [0.5, 0.6) is 0 Å². The van der Waals surface area contributed by atoms with Gasteiger partial charge >= 0.3 is 0 Å². The number of amides is 1. The van der Waals surface area contributed by atoms with E-state index >= 15 is 0 Å². The third-order valence-electron chi connectivity index (χ3n) is 6.54. The zero-order valence-corrected chi connectivity index (χ0v) is 17.4. The molecule has 1 amide bonds. The van der Waals surface area contributed by atoms with Crippen molar-refractivity contribution in [3.05, 3.63) is 65.7 Å². The van der Waals surface area contributed by atoms with Gasteiger partial charge in [-0.15, -0.1) is 0 Å². The van der Waals surface area contributed by atoms with Crippen molar-refractivity contribution in [2.75, 3.05) is 12.8 Å². The Hall–Kier alpha value is -2.18. The van der Waals surface area contributed by atoms with Gasteiger partial charge in [-0.05, 0) is 49.1 Å². The number of rotatable bonds is 3. The molecule has 1 heterocycles. The van der Waals surface area contributed by atoms with Crippen LogP contribution in [-0.4, -0.2) is 43.2 Å². The van der Waals surface area contributed by atoms with Gasteiger partial charge in [-0.3, -0.25) is 4.79 Å². The number of hydrogen-bond donors (Lipinski definition) is 1. The number of carbonyl (C=O) groups is 1. The fraction of sp³-hybridized carbons (Fsp3) is 0.435. The number of aliphatic hydroxyl groups is 1. The summed E-state index contributed by atoms with van der Waals surface area (Å²) in [5.74, 6) is -0.0799. The maximum atomic E-state index is 13.3. The van der Waals surface area contributed by atoms with Crippen LogP contribution in [0.3, 0.4) is 0 Å². The van der Waals surface area contributed by atoms with Crippen molar-refractivity contribution in [2.45, 2.75) is 48.6 Å². The molecule has 4 rings (SSSR count). The van der Waals surface area contributed by atoms with Crippen molar-refractivity contribution < 1.29 is 18.3 Å². The van der Waals surface area contributed by atoms with Crippen LogP contribution in [0.25, 0.3) is 0 Å². The lowest BCUT2D eigenvalue weighted by molar-refractivity contribution is -0.110. The van der Waals surface area contributed by atoms with E-state index in [9.17, 15) is 18.3 Å². The van der Waals surface area contributed by atoms with Crippen molar-refractivity contribution >= 4 is 15.7 Å². The largest absolute Gasteiger partial charge is 0.385 e. The highest BCUT2D eigenvalue weighted by atomic mass is 32.2. The van der Waals surface area contributed by atoms with Gasteiger partial charge in [0.15, 0.2) is 9.84 Å². The van der Waals surface area contributed by atoms with Crippen LogP contribution in [0, 0.1) is 5.92 Å². The van der Waals surface area contributed by atoms with Crippen LogP contribution in [0.2, 0.25) is 0 Å². The molecule has 1 saturated carbocycles. The lowest BCUT2D eigenvalue weighted by Crippen LogP contribution is -2.58. The van der Waals surface area contributed by atoms with E-state index in [1.54, 1.807) is 12.1 Å². The first-order valence-electron chi connectivity index (χ1n) is 10.2. The lowest BCUT2D eigenvalue weighted by atomic mass is 9.66. The summed E-state index contributed by atoms with van der Waals surface area (Å²) in [4.78, 5) is 15.4. The smallest absolute Gasteiger partial charge is 0.254 e. The maximum absolute atomic E-state index is 13.3. The van der Waals surface area contributed by atoms with Crippen LogP contribution in [0.4, 0.5) is 0 Å². The van der Waals surface area contributed by atoms with Gasteiger partial charge < -0.3 is 10.0 Å². The van der Waals surface area contributed by atoms with E-state index in [4.69, 9.17) is 0 Å². The van der Waals surface area contributed by atoms with Crippen molar-refractivity contribution in [1.82, 2.24) is 4.90 Å².